The Bertz CT molecular complexity index is 498. The summed E-state index contributed by atoms with van der Waals surface area (Å²) in [5, 5.41) is 1.44. The minimum absolute atomic E-state index is 0.239. The number of hydrogen-bond donors (Lipinski definition) is 0. The molecule has 80 valence electrons. The molecular weight excluding hydrogens is 200 g/mol. The molecule has 0 radical (unpaired) electrons. The van der Waals surface area contributed by atoms with Gasteiger partial charge in [-0.25, -0.2) is 0 Å². The lowest BCUT2D eigenvalue weighted by atomic mass is 9.86. The zero-order valence-corrected chi connectivity index (χ0v) is 11.0. The van der Waals surface area contributed by atoms with Gasteiger partial charge in [-0.15, -0.1) is 11.3 Å². The molecule has 1 aromatic carbocycles. The van der Waals surface area contributed by atoms with E-state index in [1.54, 1.807) is 0 Å². The molecular formula is C14H18S. The van der Waals surface area contributed by atoms with Crippen molar-refractivity contribution in [1.82, 2.24) is 0 Å². The lowest BCUT2D eigenvalue weighted by Gasteiger charge is -2.19. The van der Waals surface area contributed by atoms with Gasteiger partial charge in [-0.3, -0.25) is 0 Å². The third-order valence-electron chi connectivity index (χ3n) is 3.01. The van der Waals surface area contributed by atoms with Crippen molar-refractivity contribution in [1.29, 1.82) is 0 Å². The van der Waals surface area contributed by atoms with E-state index in [0.29, 0.717) is 0 Å². The fourth-order valence-electron chi connectivity index (χ4n) is 1.95. The number of benzene rings is 1. The molecule has 0 aliphatic heterocycles. The molecule has 0 bridgehead atoms. The summed E-state index contributed by atoms with van der Waals surface area (Å²) in [6.07, 6.45) is 0. The van der Waals surface area contributed by atoms with Crippen molar-refractivity contribution < 1.29 is 0 Å². The van der Waals surface area contributed by atoms with Crippen LogP contribution >= 0.6 is 11.3 Å². The van der Waals surface area contributed by atoms with E-state index in [1.807, 2.05) is 11.3 Å². The van der Waals surface area contributed by atoms with Crippen LogP contribution in [0.2, 0.25) is 0 Å². The Labute approximate surface area is 95.9 Å². The lowest BCUT2D eigenvalue weighted by Crippen LogP contribution is -2.10. The topological polar surface area (TPSA) is 0 Å². The highest BCUT2D eigenvalue weighted by Crippen LogP contribution is 2.37. The van der Waals surface area contributed by atoms with E-state index in [9.17, 15) is 0 Å². The Kier molecular flexibility index (Phi) is 2.38. The quantitative estimate of drug-likeness (QED) is 0.595. The normalized spacial score (nSPS) is 12.3. The Hall–Kier alpha value is -0.820. The minimum Gasteiger partial charge on any atom is -0.140 e. The van der Waals surface area contributed by atoms with Gasteiger partial charge in [0.25, 0.3) is 0 Å². The van der Waals surface area contributed by atoms with Gasteiger partial charge in [0.2, 0.25) is 0 Å². The van der Waals surface area contributed by atoms with Crippen LogP contribution in [-0.2, 0) is 5.41 Å². The third-order valence-corrected chi connectivity index (χ3v) is 4.27. The van der Waals surface area contributed by atoms with E-state index in [1.165, 1.54) is 26.1 Å². The van der Waals surface area contributed by atoms with Gasteiger partial charge >= 0.3 is 0 Å². The third kappa shape index (κ3) is 1.69. The fourth-order valence-corrected chi connectivity index (χ4v) is 3.34. The van der Waals surface area contributed by atoms with E-state index < -0.39 is 0 Å². The summed E-state index contributed by atoms with van der Waals surface area (Å²) >= 11 is 1.93. The smallest absolute Gasteiger partial charge is 0.0385 e. The van der Waals surface area contributed by atoms with Crippen LogP contribution in [0.25, 0.3) is 10.1 Å². The van der Waals surface area contributed by atoms with E-state index in [-0.39, 0.29) is 5.41 Å². The van der Waals surface area contributed by atoms with Gasteiger partial charge in [0.05, 0.1) is 0 Å². The maximum absolute atomic E-state index is 2.28. The van der Waals surface area contributed by atoms with Crippen molar-refractivity contribution in [2.45, 2.75) is 40.0 Å². The molecule has 0 unspecified atom stereocenters. The predicted octanol–water partition coefficient (Wildman–Crippen LogP) is 4.82. The molecule has 0 N–H and O–H groups in total. The molecule has 0 aliphatic rings. The van der Waals surface area contributed by atoms with Crippen molar-refractivity contribution >= 4 is 21.4 Å². The molecule has 0 aliphatic carbocycles. The molecule has 0 fully saturated rings. The molecule has 0 saturated carbocycles. The summed E-state index contributed by atoms with van der Waals surface area (Å²) in [5.41, 5.74) is 3.16. The Balaban J connectivity index is 2.83. The first-order valence-corrected chi connectivity index (χ1v) is 6.22. The van der Waals surface area contributed by atoms with Crippen molar-refractivity contribution in [3.05, 3.63) is 34.2 Å². The zero-order valence-electron chi connectivity index (χ0n) is 10.1. The highest BCUT2D eigenvalue weighted by molar-refractivity contribution is 7.19. The predicted molar refractivity (Wildman–Crippen MR) is 70.0 cm³/mol. The van der Waals surface area contributed by atoms with Crippen LogP contribution in [0.4, 0.5) is 0 Å². The van der Waals surface area contributed by atoms with Crippen molar-refractivity contribution in [2.75, 3.05) is 0 Å². The maximum atomic E-state index is 2.28. The fraction of sp³-hybridized carbons (Fsp3) is 0.429. The van der Waals surface area contributed by atoms with Crippen molar-refractivity contribution in [3.63, 3.8) is 0 Å². The van der Waals surface area contributed by atoms with Crippen LogP contribution in [0.5, 0.6) is 0 Å². The molecule has 0 nitrogen and oxygen atoms in total. The van der Waals surface area contributed by atoms with E-state index in [2.05, 4.69) is 52.8 Å². The van der Waals surface area contributed by atoms with Crippen molar-refractivity contribution in [3.8, 4) is 0 Å². The summed E-state index contributed by atoms with van der Waals surface area (Å²) in [5.74, 6) is 0. The standard InChI is InChI=1S/C14H18S/c1-9-10(2)15-13-11(9)7-6-8-12(13)14(3,4)5/h6-8H,1-5H3. The number of aryl methyl sites for hydroxylation is 2. The molecule has 0 amide bonds. The summed E-state index contributed by atoms with van der Waals surface area (Å²) in [6.45, 7) is 11.3. The van der Waals surface area contributed by atoms with E-state index in [0.717, 1.165) is 0 Å². The average Bonchev–Trinajstić information content (AvgIpc) is 2.41. The monoisotopic (exact) mass is 218 g/mol. The van der Waals surface area contributed by atoms with Crippen LogP contribution in [0.3, 0.4) is 0 Å². The Morgan fingerprint density at radius 3 is 2.33 bits per heavy atom. The first-order valence-electron chi connectivity index (χ1n) is 5.40. The molecule has 1 heteroatoms. The van der Waals surface area contributed by atoms with Gasteiger partial charge in [0.1, 0.15) is 0 Å². The van der Waals surface area contributed by atoms with Crippen LogP contribution in [0, 0.1) is 13.8 Å². The summed E-state index contributed by atoms with van der Waals surface area (Å²) in [7, 11) is 0. The maximum Gasteiger partial charge on any atom is 0.0385 e. The summed E-state index contributed by atoms with van der Waals surface area (Å²) < 4.78 is 1.47. The summed E-state index contributed by atoms with van der Waals surface area (Å²) in [6, 6.07) is 6.68. The van der Waals surface area contributed by atoms with Crippen LogP contribution in [-0.4, -0.2) is 0 Å². The highest BCUT2D eigenvalue weighted by atomic mass is 32.1. The number of fused-ring (bicyclic) bond motifs is 1. The number of rotatable bonds is 0. The number of thiophene rings is 1. The zero-order chi connectivity index (χ0) is 11.2. The van der Waals surface area contributed by atoms with E-state index >= 15 is 0 Å². The second kappa shape index (κ2) is 3.34. The molecule has 1 heterocycles. The van der Waals surface area contributed by atoms with Crippen molar-refractivity contribution in [2.24, 2.45) is 0 Å². The van der Waals surface area contributed by atoms with Gasteiger partial charge in [-0.2, -0.15) is 0 Å². The highest BCUT2D eigenvalue weighted by Gasteiger charge is 2.18. The van der Waals surface area contributed by atoms with Crippen LogP contribution < -0.4 is 0 Å². The molecule has 1 aromatic heterocycles. The Morgan fingerprint density at radius 1 is 1.07 bits per heavy atom. The van der Waals surface area contributed by atoms with Crippen LogP contribution in [0.1, 0.15) is 36.8 Å². The molecule has 0 saturated heterocycles. The van der Waals surface area contributed by atoms with Gasteiger partial charge < -0.3 is 0 Å². The first-order chi connectivity index (χ1) is 6.91. The number of hydrogen-bond acceptors (Lipinski definition) is 1. The first kappa shape index (κ1) is 10.7. The second-order valence-corrected chi connectivity index (χ2v) is 6.44. The van der Waals surface area contributed by atoms with Gasteiger partial charge in [0, 0.05) is 9.58 Å². The molecule has 2 aromatic rings. The second-order valence-electron chi connectivity index (χ2n) is 5.22. The molecule has 2 rings (SSSR count). The van der Waals surface area contributed by atoms with Gasteiger partial charge in [-0.05, 0) is 35.8 Å². The molecule has 0 atom stereocenters. The Morgan fingerprint density at radius 2 is 1.73 bits per heavy atom. The van der Waals surface area contributed by atoms with Gasteiger partial charge in [0.15, 0.2) is 0 Å². The molecule has 15 heavy (non-hydrogen) atoms. The van der Waals surface area contributed by atoms with Gasteiger partial charge in [-0.1, -0.05) is 39.0 Å². The minimum atomic E-state index is 0.239. The average molecular weight is 218 g/mol. The lowest BCUT2D eigenvalue weighted by molar-refractivity contribution is 0.597. The summed E-state index contributed by atoms with van der Waals surface area (Å²) in [4.78, 5) is 1.45. The molecule has 0 spiro atoms. The SMILES string of the molecule is Cc1sc2c(C(C)(C)C)cccc2c1C. The van der Waals surface area contributed by atoms with E-state index in [4.69, 9.17) is 0 Å². The van der Waals surface area contributed by atoms with Crippen LogP contribution in [0.15, 0.2) is 18.2 Å². The largest absolute Gasteiger partial charge is 0.140 e.